The second kappa shape index (κ2) is 4.77. The van der Waals surface area contributed by atoms with Gasteiger partial charge in [-0.05, 0) is 27.2 Å². The van der Waals surface area contributed by atoms with Crippen molar-refractivity contribution in [3.63, 3.8) is 0 Å². The Bertz CT molecular complexity index is 549. The molecule has 0 aromatic heterocycles. The Morgan fingerprint density at radius 1 is 1.17 bits per heavy atom. The van der Waals surface area contributed by atoms with Crippen LogP contribution in [0.2, 0.25) is 0 Å². The van der Waals surface area contributed by atoms with Crippen LogP contribution in [0.3, 0.4) is 0 Å². The van der Waals surface area contributed by atoms with Crippen LogP contribution in [0, 0.1) is 23.7 Å². The zero-order chi connectivity index (χ0) is 16.5. The van der Waals surface area contributed by atoms with Crippen LogP contribution in [0.4, 0.5) is 0 Å². The minimum atomic E-state index is -0.665. The molecule has 0 spiro atoms. The van der Waals surface area contributed by atoms with Crippen LogP contribution >= 0.6 is 0 Å². The molecule has 0 aromatic carbocycles. The third-order valence-corrected chi connectivity index (χ3v) is 5.56. The summed E-state index contributed by atoms with van der Waals surface area (Å²) >= 11 is 0. The van der Waals surface area contributed by atoms with Gasteiger partial charge in [-0.3, -0.25) is 19.3 Å². The summed E-state index contributed by atoms with van der Waals surface area (Å²) in [7, 11) is 0. The highest BCUT2D eigenvalue weighted by Crippen LogP contribution is 2.60. The number of fused-ring (bicyclic) bond motifs is 8. The molecule has 4 rings (SSSR count). The number of rotatable bonds is 3. The fourth-order valence-electron chi connectivity index (χ4n) is 4.93. The lowest BCUT2D eigenvalue weighted by molar-refractivity contribution is -0.162. The lowest BCUT2D eigenvalue weighted by Crippen LogP contribution is -2.41. The van der Waals surface area contributed by atoms with E-state index in [-0.39, 0.29) is 60.8 Å². The smallest absolute Gasteiger partial charge is 0.326 e. The van der Waals surface area contributed by atoms with Crippen molar-refractivity contribution >= 4 is 17.8 Å². The largest absolute Gasteiger partial charge is 0.465 e. The minimum Gasteiger partial charge on any atom is -0.465 e. The maximum absolute atomic E-state index is 12.7. The molecule has 23 heavy (non-hydrogen) atoms. The third kappa shape index (κ3) is 1.99. The first-order chi connectivity index (χ1) is 10.8. The fraction of sp³-hybridized carbons (Fsp3) is 0.812. The van der Waals surface area contributed by atoms with E-state index in [0.717, 1.165) is 11.3 Å². The second-order valence-electron chi connectivity index (χ2n) is 7.25. The number of ether oxygens (including phenoxy) is 3. The molecule has 0 N–H and O–H groups in total. The van der Waals surface area contributed by atoms with E-state index in [1.54, 1.807) is 6.92 Å². The number of hydrogen-bond acceptors (Lipinski definition) is 6. The Labute approximate surface area is 134 Å². The molecule has 2 saturated carbocycles. The van der Waals surface area contributed by atoms with Crippen LogP contribution < -0.4 is 0 Å². The average Bonchev–Trinajstić information content (AvgIpc) is 3.13. The number of hydrogen-bond donors (Lipinski definition) is 0. The fourth-order valence-corrected chi connectivity index (χ4v) is 4.93. The summed E-state index contributed by atoms with van der Waals surface area (Å²) in [4.78, 5) is 38.1. The minimum absolute atomic E-state index is 0.000389. The van der Waals surface area contributed by atoms with Crippen molar-refractivity contribution in [1.29, 1.82) is 0 Å². The maximum Gasteiger partial charge on any atom is 0.326 e. The monoisotopic (exact) mass is 323 g/mol. The quantitative estimate of drug-likeness (QED) is 0.549. The lowest BCUT2D eigenvalue weighted by atomic mass is 9.78. The molecule has 0 aromatic rings. The number of carbonyl (C=O) groups excluding carboxylic acids is 3. The van der Waals surface area contributed by atoms with Crippen molar-refractivity contribution in [3.8, 4) is 0 Å². The second-order valence-corrected chi connectivity index (χ2v) is 7.25. The Morgan fingerprint density at radius 2 is 1.70 bits per heavy atom. The molecular weight excluding hydrogens is 302 g/mol. The molecule has 2 saturated heterocycles. The van der Waals surface area contributed by atoms with Crippen molar-refractivity contribution in [2.45, 2.75) is 45.2 Å². The molecule has 4 aliphatic rings. The van der Waals surface area contributed by atoms with Gasteiger partial charge in [-0.25, -0.2) is 0 Å². The Kier molecular flexibility index (Phi) is 3.13. The van der Waals surface area contributed by atoms with Crippen molar-refractivity contribution in [1.82, 2.24) is 4.90 Å². The number of amides is 2. The first-order valence-electron chi connectivity index (χ1n) is 8.20. The molecule has 2 heterocycles. The van der Waals surface area contributed by atoms with Crippen molar-refractivity contribution in [2.75, 3.05) is 13.2 Å². The van der Waals surface area contributed by atoms with E-state index in [1.165, 1.54) is 0 Å². The molecule has 2 bridgehead atoms. The summed E-state index contributed by atoms with van der Waals surface area (Å²) in [6.07, 6.45) is 0.525. The van der Waals surface area contributed by atoms with Gasteiger partial charge in [0.05, 0.1) is 30.7 Å². The number of likely N-dealkylation sites (tertiary alicyclic amines) is 1. The van der Waals surface area contributed by atoms with Gasteiger partial charge in [-0.1, -0.05) is 0 Å². The highest BCUT2D eigenvalue weighted by Gasteiger charge is 2.71. The maximum atomic E-state index is 12.7. The number of esters is 1. The summed E-state index contributed by atoms with van der Waals surface area (Å²) in [5.41, 5.74) is 0. The first kappa shape index (κ1) is 15.1. The van der Waals surface area contributed by atoms with Gasteiger partial charge in [0.1, 0.15) is 6.54 Å². The van der Waals surface area contributed by atoms with Gasteiger partial charge in [0.15, 0.2) is 5.79 Å². The molecule has 2 amide bonds. The van der Waals surface area contributed by atoms with Crippen LogP contribution in [0.5, 0.6) is 0 Å². The van der Waals surface area contributed by atoms with Gasteiger partial charge in [-0.15, -0.1) is 0 Å². The molecule has 7 heteroatoms. The summed E-state index contributed by atoms with van der Waals surface area (Å²) < 4.78 is 16.8. The summed E-state index contributed by atoms with van der Waals surface area (Å²) in [6, 6.07) is 0. The van der Waals surface area contributed by atoms with Gasteiger partial charge >= 0.3 is 5.97 Å². The highest BCUT2D eigenvalue weighted by molar-refractivity contribution is 6.08. The van der Waals surface area contributed by atoms with Crippen molar-refractivity contribution in [3.05, 3.63) is 0 Å². The molecule has 6 atom stereocenters. The van der Waals surface area contributed by atoms with Gasteiger partial charge in [0, 0.05) is 11.8 Å². The van der Waals surface area contributed by atoms with Gasteiger partial charge in [-0.2, -0.15) is 0 Å². The molecular formula is C16H21NO6. The van der Waals surface area contributed by atoms with E-state index < -0.39 is 11.8 Å². The Balaban J connectivity index is 1.57. The number of nitrogens with zero attached hydrogens (tertiary/aromatic N) is 1. The van der Waals surface area contributed by atoms with E-state index in [2.05, 4.69) is 0 Å². The predicted octanol–water partition coefficient (Wildman–Crippen LogP) is 0.321. The zero-order valence-corrected chi connectivity index (χ0v) is 13.5. The summed E-state index contributed by atoms with van der Waals surface area (Å²) in [6.45, 7) is 5.35. The molecule has 4 fully saturated rings. The van der Waals surface area contributed by atoms with E-state index >= 15 is 0 Å². The predicted molar refractivity (Wildman–Crippen MR) is 75.8 cm³/mol. The number of carbonyl (C=O) groups is 3. The zero-order valence-electron chi connectivity index (χ0n) is 13.5. The number of imide groups is 1. The van der Waals surface area contributed by atoms with Crippen LogP contribution in [-0.2, 0) is 28.6 Å². The highest BCUT2D eigenvalue weighted by atomic mass is 16.8. The first-order valence-corrected chi connectivity index (χ1v) is 8.20. The molecule has 126 valence electrons. The Hall–Kier alpha value is -1.47. The molecule has 0 radical (unpaired) electrons. The van der Waals surface area contributed by atoms with E-state index in [9.17, 15) is 14.4 Å². The Morgan fingerprint density at radius 3 is 2.17 bits per heavy atom. The summed E-state index contributed by atoms with van der Waals surface area (Å²) in [5.74, 6) is -2.47. The molecule has 4 unspecified atom stereocenters. The third-order valence-electron chi connectivity index (χ3n) is 5.56. The lowest BCUT2D eigenvalue weighted by Gasteiger charge is -2.28. The van der Waals surface area contributed by atoms with Gasteiger partial charge in [0.2, 0.25) is 11.8 Å². The van der Waals surface area contributed by atoms with Crippen LogP contribution in [0.1, 0.15) is 27.2 Å². The van der Waals surface area contributed by atoms with Gasteiger partial charge < -0.3 is 14.2 Å². The van der Waals surface area contributed by atoms with E-state index in [0.29, 0.717) is 0 Å². The van der Waals surface area contributed by atoms with Crippen LogP contribution in [0.15, 0.2) is 0 Å². The van der Waals surface area contributed by atoms with Crippen LogP contribution in [0.25, 0.3) is 0 Å². The average molecular weight is 323 g/mol. The summed E-state index contributed by atoms with van der Waals surface area (Å²) in [5, 5.41) is 0. The van der Waals surface area contributed by atoms with E-state index in [1.807, 2.05) is 13.8 Å². The van der Waals surface area contributed by atoms with Crippen LogP contribution in [-0.4, -0.2) is 53.8 Å². The molecule has 7 nitrogen and oxygen atoms in total. The van der Waals surface area contributed by atoms with Gasteiger partial charge in [0.25, 0.3) is 0 Å². The SMILES string of the molecule is CCOC(=O)CN1C(=O)C2C(C1=O)C1CC2[C@H]2OC(C)(C)O[C@@H]12. The normalized spacial score (nSPS) is 43.0. The topological polar surface area (TPSA) is 82.1 Å². The van der Waals surface area contributed by atoms with E-state index in [4.69, 9.17) is 14.2 Å². The van der Waals surface area contributed by atoms with Crippen molar-refractivity contribution < 1.29 is 28.6 Å². The van der Waals surface area contributed by atoms with Crippen molar-refractivity contribution in [2.24, 2.45) is 23.7 Å². The molecule has 2 aliphatic carbocycles. The standard InChI is InChI=1S/C16H21NO6/c1-4-21-9(18)6-17-14(19)10-7-5-8(11(10)15(17)20)13-12(7)22-16(2,3)23-13/h7-8,10-13H,4-6H2,1-3H3/t7?,8?,10?,11?,12-,13+. The molecule has 2 aliphatic heterocycles.